The fraction of sp³-hybridized carbons (Fsp3) is 0.458. The summed E-state index contributed by atoms with van der Waals surface area (Å²) < 4.78 is 0. The lowest BCUT2D eigenvalue weighted by Gasteiger charge is -2.34. The van der Waals surface area contributed by atoms with Crippen LogP contribution >= 0.6 is 11.6 Å². The van der Waals surface area contributed by atoms with Gasteiger partial charge in [-0.3, -0.25) is 4.98 Å². The highest BCUT2D eigenvalue weighted by molar-refractivity contribution is 6.31. The van der Waals surface area contributed by atoms with Crippen LogP contribution in [-0.2, 0) is 0 Å². The second-order valence-corrected chi connectivity index (χ2v) is 8.63. The Balaban J connectivity index is 1.24. The Labute approximate surface area is 195 Å². The molecule has 8 heteroatoms. The number of anilines is 3. The van der Waals surface area contributed by atoms with E-state index in [0.717, 1.165) is 92.7 Å². The van der Waals surface area contributed by atoms with Crippen molar-refractivity contribution in [3.8, 4) is 0 Å². The van der Waals surface area contributed by atoms with Crippen LogP contribution in [0.4, 0.5) is 17.5 Å². The van der Waals surface area contributed by atoms with Gasteiger partial charge in [0.2, 0.25) is 5.95 Å². The Morgan fingerprint density at radius 1 is 0.969 bits per heavy atom. The molecule has 0 saturated carbocycles. The first-order valence-corrected chi connectivity index (χ1v) is 11.8. The summed E-state index contributed by atoms with van der Waals surface area (Å²) in [6.07, 6.45) is 3.89. The number of hydrogen-bond donors (Lipinski definition) is 2. The summed E-state index contributed by atoms with van der Waals surface area (Å²) in [5, 5.41) is 8.73. The lowest BCUT2D eigenvalue weighted by atomic mass is 10.2. The second kappa shape index (κ2) is 10.8. The fourth-order valence-corrected chi connectivity index (χ4v) is 4.20. The summed E-state index contributed by atoms with van der Waals surface area (Å²) in [4.78, 5) is 18.6. The standard InChI is InChI=1S/C24H32ClN7/c1-3-31-12-14-32(15-13-31)23-16-18(2)29-24(30-23)28-10-5-4-9-26-21-8-11-27-22-17-19(25)6-7-20(21)22/h6-8,11,16-17H,3-5,9-10,12-15H2,1-2H3,(H,26,27)(H,28,29,30). The van der Waals surface area contributed by atoms with E-state index in [0.29, 0.717) is 5.02 Å². The molecule has 0 bridgehead atoms. The normalized spacial score (nSPS) is 14.7. The van der Waals surface area contributed by atoms with Crippen LogP contribution in [0.5, 0.6) is 0 Å². The Morgan fingerprint density at radius 3 is 2.53 bits per heavy atom. The molecule has 2 aromatic heterocycles. The molecule has 0 radical (unpaired) electrons. The molecule has 1 fully saturated rings. The molecule has 0 aliphatic carbocycles. The third-order valence-corrected chi connectivity index (χ3v) is 6.13. The highest BCUT2D eigenvalue weighted by atomic mass is 35.5. The molecule has 1 aliphatic heterocycles. The summed E-state index contributed by atoms with van der Waals surface area (Å²) in [6.45, 7) is 11.3. The number of fused-ring (bicyclic) bond motifs is 1. The topological polar surface area (TPSA) is 69.2 Å². The largest absolute Gasteiger partial charge is 0.384 e. The van der Waals surface area contributed by atoms with E-state index in [-0.39, 0.29) is 0 Å². The van der Waals surface area contributed by atoms with Crippen molar-refractivity contribution >= 4 is 40.0 Å². The summed E-state index contributed by atoms with van der Waals surface area (Å²) in [6, 6.07) is 9.91. The van der Waals surface area contributed by atoms with Gasteiger partial charge in [-0.05, 0) is 50.6 Å². The van der Waals surface area contributed by atoms with Crippen LogP contribution in [0.1, 0.15) is 25.5 Å². The predicted molar refractivity (Wildman–Crippen MR) is 134 cm³/mol. The number of piperazine rings is 1. The van der Waals surface area contributed by atoms with E-state index in [2.05, 4.69) is 43.4 Å². The first kappa shape index (κ1) is 22.6. The number of rotatable bonds is 9. The van der Waals surface area contributed by atoms with E-state index in [4.69, 9.17) is 16.6 Å². The maximum absolute atomic E-state index is 6.08. The van der Waals surface area contributed by atoms with Gasteiger partial charge in [-0.15, -0.1) is 0 Å². The lowest BCUT2D eigenvalue weighted by Crippen LogP contribution is -2.46. The molecule has 4 rings (SSSR count). The summed E-state index contributed by atoms with van der Waals surface area (Å²) in [5.74, 6) is 1.75. The number of benzene rings is 1. The molecule has 3 aromatic rings. The van der Waals surface area contributed by atoms with Gasteiger partial charge in [-0.25, -0.2) is 4.98 Å². The van der Waals surface area contributed by atoms with Crippen molar-refractivity contribution in [2.75, 3.05) is 61.3 Å². The van der Waals surface area contributed by atoms with Crippen molar-refractivity contribution in [2.24, 2.45) is 0 Å². The van der Waals surface area contributed by atoms with Gasteiger partial charge in [-0.1, -0.05) is 18.5 Å². The number of unbranched alkanes of at least 4 members (excludes halogenated alkanes) is 1. The molecule has 0 atom stereocenters. The first-order valence-electron chi connectivity index (χ1n) is 11.5. The molecule has 1 saturated heterocycles. The van der Waals surface area contributed by atoms with E-state index >= 15 is 0 Å². The van der Waals surface area contributed by atoms with E-state index in [1.807, 2.05) is 37.4 Å². The Bertz CT molecular complexity index is 1030. The third-order valence-electron chi connectivity index (χ3n) is 5.89. The van der Waals surface area contributed by atoms with Crippen molar-refractivity contribution < 1.29 is 0 Å². The molecule has 0 amide bonds. The SMILES string of the molecule is CCN1CCN(c2cc(C)nc(NCCCCNc3ccnc4cc(Cl)ccc34)n2)CC1. The molecular formula is C24H32ClN7. The van der Waals surface area contributed by atoms with Gasteiger partial charge in [-0.2, -0.15) is 4.98 Å². The second-order valence-electron chi connectivity index (χ2n) is 8.19. The minimum absolute atomic E-state index is 0.706. The van der Waals surface area contributed by atoms with E-state index in [1.165, 1.54) is 0 Å². The number of nitrogens with zero attached hydrogens (tertiary/aromatic N) is 5. The highest BCUT2D eigenvalue weighted by Crippen LogP contribution is 2.24. The smallest absolute Gasteiger partial charge is 0.224 e. The van der Waals surface area contributed by atoms with Crippen LogP contribution in [0.2, 0.25) is 5.02 Å². The molecule has 0 spiro atoms. The molecule has 7 nitrogen and oxygen atoms in total. The maximum Gasteiger partial charge on any atom is 0.224 e. The van der Waals surface area contributed by atoms with Gasteiger partial charge in [0.1, 0.15) is 5.82 Å². The van der Waals surface area contributed by atoms with Gasteiger partial charge in [0.05, 0.1) is 5.52 Å². The summed E-state index contributed by atoms with van der Waals surface area (Å²) in [7, 11) is 0. The van der Waals surface area contributed by atoms with Gasteiger partial charge >= 0.3 is 0 Å². The van der Waals surface area contributed by atoms with Crippen LogP contribution in [-0.4, -0.2) is 65.7 Å². The molecular weight excluding hydrogens is 422 g/mol. The summed E-state index contributed by atoms with van der Waals surface area (Å²) in [5.41, 5.74) is 3.00. The van der Waals surface area contributed by atoms with E-state index in [9.17, 15) is 0 Å². The first-order chi connectivity index (χ1) is 15.6. The molecule has 1 aromatic carbocycles. The molecule has 32 heavy (non-hydrogen) atoms. The third kappa shape index (κ3) is 5.78. The molecule has 2 N–H and O–H groups in total. The quantitative estimate of drug-likeness (QED) is 0.464. The van der Waals surface area contributed by atoms with E-state index < -0.39 is 0 Å². The fourth-order valence-electron chi connectivity index (χ4n) is 4.03. The van der Waals surface area contributed by atoms with Gasteiger partial charge in [0.15, 0.2) is 0 Å². The van der Waals surface area contributed by atoms with Crippen LogP contribution < -0.4 is 15.5 Å². The van der Waals surface area contributed by atoms with Gasteiger partial charge in [0, 0.05) is 73.3 Å². The van der Waals surface area contributed by atoms with Crippen molar-refractivity contribution in [2.45, 2.75) is 26.7 Å². The average molecular weight is 454 g/mol. The number of hydrogen-bond acceptors (Lipinski definition) is 7. The number of nitrogens with one attached hydrogen (secondary N) is 2. The number of likely N-dealkylation sites (N-methyl/N-ethyl adjacent to an activating group) is 1. The van der Waals surface area contributed by atoms with Crippen molar-refractivity contribution in [1.82, 2.24) is 19.9 Å². The Kier molecular flexibility index (Phi) is 7.60. The zero-order valence-electron chi connectivity index (χ0n) is 18.9. The number of aryl methyl sites for hydroxylation is 1. The maximum atomic E-state index is 6.08. The number of aromatic nitrogens is 3. The molecule has 1 aliphatic rings. The lowest BCUT2D eigenvalue weighted by molar-refractivity contribution is 0.270. The van der Waals surface area contributed by atoms with Crippen molar-refractivity contribution in [3.63, 3.8) is 0 Å². The average Bonchev–Trinajstić information content (AvgIpc) is 2.81. The summed E-state index contributed by atoms with van der Waals surface area (Å²) >= 11 is 6.08. The van der Waals surface area contributed by atoms with Gasteiger partial charge in [0.25, 0.3) is 0 Å². The Hall–Kier alpha value is -2.64. The molecule has 0 unspecified atom stereocenters. The Morgan fingerprint density at radius 2 is 1.75 bits per heavy atom. The predicted octanol–water partition coefficient (Wildman–Crippen LogP) is 4.43. The zero-order chi connectivity index (χ0) is 22.3. The van der Waals surface area contributed by atoms with Crippen LogP contribution in [0, 0.1) is 6.92 Å². The minimum Gasteiger partial charge on any atom is -0.384 e. The van der Waals surface area contributed by atoms with Crippen LogP contribution in [0.15, 0.2) is 36.5 Å². The monoisotopic (exact) mass is 453 g/mol. The van der Waals surface area contributed by atoms with Gasteiger partial charge < -0.3 is 20.4 Å². The number of pyridine rings is 1. The molecule has 3 heterocycles. The van der Waals surface area contributed by atoms with Crippen molar-refractivity contribution in [1.29, 1.82) is 0 Å². The molecule has 170 valence electrons. The van der Waals surface area contributed by atoms with Crippen LogP contribution in [0.3, 0.4) is 0 Å². The number of halogens is 1. The zero-order valence-corrected chi connectivity index (χ0v) is 19.7. The van der Waals surface area contributed by atoms with Crippen molar-refractivity contribution in [3.05, 3.63) is 47.2 Å². The van der Waals surface area contributed by atoms with Crippen LogP contribution in [0.25, 0.3) is 10.9 Å². The minimum atomic E-state index is 0.706. The van der Waals surface area contributed by atoms with E-state index in [1.54, 1.807) is 0 Å². The highest BCUT2D eigenvalue weighted by Gasteiger charge is 2.17.